The van der Waals surface area contributed by atoms with Crippen LogP contribution in [0.3, 0.4) is 0 Å². The fourth-order valence-electron chi connectivity index (χ4n) is 1.61. The minimum atomic E-state index is -0.0998. The second kappa shape index (κ2) is 5.82. The zero-order valence-corrected chi connectivity index (χ0v) is 10.7. The van der Waals surface area contributed by atoms with Gasteiger partial charge in [0.2, 0.25) is 0 Å². The van der Waals surface area contributed by atoms with E-state index in [0.29, 0.717) is 31.5 Å². The van der Waals surface area contributed by atoms with Crippen molar-refractivity contribution in [3.8, 4) is 0 Å². The van der Waals surface area contributed by atoms with Gasteiger partial charge in [-0.3, -0.25) is 4.79 Å². The second-order valence-electron chi connectivity index (χ2n) is 4.73. The fraction of sp³-hybridized carbons (Fsp3) is 0.538. The molecule has 5 heteroatoms. The normalized spacial score (nSPS) is 14.5. The fourth-order valence-corrected chi connectivity index (χ4v) is 1.61. The monoisotopic (exact) mass is 249 g/mol. The standard InChI is InChI=1S/C13H19N3O2/c1-9(2)8-18-6-5-14-11-7-12(17)16-13(15-11)10-3-4-10/h7,10H,1,3-6,8H2,2H3,(H2,14,15,16,17). The summed E-state index contributed by atoms with van der Waals surface area (Å²) in [4.78, 5) is 18.6. The Hall–Kier alpha value is -1.62. The van der Waals surface area contributed by atoms with E-state index in [1.54, 1.807) is 0 Å². The molecule has 0 aliphatic heterocycles. The van der Waals surface area contributed by atoms with Crippen LogP contribution in [-0.4, -0.2) is 29.7 Å². The van der Waals surface area contributed by atoms with Crippen LogP contribution < -0.4 is 10.9 Å². The van der Waals surface area contributed by atoms with Gasteiger partial charge in [0.15, 0.2) is 0 Å². The van der Waals surface area contributed by atoms with Crippen molar-refractivity contribution in [2.24, 2.45) is 0 Å². The van der Waals surface area contributed by atoms with Crippen LogP contribution in [0.4, 0.5) is 5.82 Å². The molecule has 1 aromatic rings. The molecule has 18 heavy (non-hydrogen) atoms. The highest BCUT2D eigenvalue weighted by atomic mass is 16.5. The summed E-state index contributed by atoms with van der Waals surface area (Å²) in [6, 6.07) is 1.48. The summed E-state index contributed by atoms with van der Waals surface area (Å²) in [5.74, 6) is 1.87. The number of H-pyrrole nitrogens is 1. The molecule has 98 valence electrons. The summed E-state index contributed by atoms with van der Waals surface area (Å²) in [5, 5.41) is 3.10. The molecular formula is C13H19N3O2. The Bertz CT molecular complexity index is 477. The molecule has 0 saturated heterocycles. The van der Waals surface area contributed by atoms with Crippen molar-refractivity contribution in [2.75, 3.05) is 25.1 Å². The first-order valence-corrected chi connectivity index (χ1v) is 6.22. The van der Waals surface area contributed by atoms with Crippen LogP contribution >= 0.6 is 0 Å². The number of rotatable bonds is 7. The van der Waals surface area contributed by atoms with E-state index in [9.17, 15) is 4.79 Å². The van der Waals surface area contributed by atoms with Gasteiger partial charge >= 0.3 is 0 Å². The van der Waals surface area contributed by atoms with E-state index in [1.807, 2.05) is 6.92 Å². The maximum Gasteiger partial charge on any atom is 0.252 e. The minimum absolute atomic E-state index is 0.0998. The van der Waals surface area contributed by atoms with Gasteiger partial charge < -0.3 is 15.0 Å². The Morgan fingerprint density at radius 1 is 1.67 bits per heavy atom. The molecule has 1 fully saturated rings. The Morgan fingerprint density at radius 2 is 2.44 bits per heavy atom. The zero-order chi connectivity index (χ0) is 13.0. The summed E-state index contributed by atoms with van der Waals surface area (Å²) in [5.41, 5.74) is 0.901. The molecule has 1 aliphatic rings. The van der Waals surface area contributed by atoms with Crippen molar-refractivity contribution in [3.05, 3.63) is 34.4 Å². The Labute approximate surface area is 106 Å². The van der Waals surface area contributed by atoms with E-state index >= 15 is 0 Å². The molecule has 0 unspecified atom stereocenters. The van der Waals surface area contributed by atoms with Crippen molar-refractivity contribution in [3.63, 3.8) is 0 Å². The first-order valence-electron chi connectivity index (χ1n) is 6.22. The van der Waals surface area contributed by atoms with Gasteiger partial charge in [0, 0.05) is 18.5 Å². The Morgan fingerprint density at radius 3 is 3.11 bits per heavy atom. The van der Waals surface area contributed by atoms with Gasteiger partial charge in [-0.1, -0.05) is 12.2 Å². The van der Waals surface area contributed by atoms with Crippen LogP contribution in [0.25, 0.3) is 0 Å². The highest BCUT2D eigenvalue weighted by molar-refractivity contribution is 5.33. The van der Waals surface area contributed by atoms with Gasteiger partial charge in [-0.2, -0.15) is 0 Å². The molecule has 1 saturated carbocycles. The molecule has 2 rings (SSSR count). The molecule has 0 aromatic carbocycles. The maximum atomic E-state index is 11.4. The van der Waals surface area contributed by atoms with Gasteiger partial charge in [0.25, 0.3) is 5.56 Å². The van der Waals surface area contributed by atoms with Gasteiger partial charge in [-0.15, -0.1) is 0 Å². The van der Waals surface area contributed by atoms with Gasteiger partial charge in [-0.05, 0) is 19.8 Å². The molecule has 0 bridgehead atoms. The predicted octanol–water partition coefficient (Wildman–Crippen LogP) is 1.65. The third-order valence-corrected chi connectivity index (χ3v) is 2.63. The van der Waals surface area contributed by atoms with E-state index in [2.05, 4.69) is 21.9 Å². The van der Waals surface area contributed by atoms with Crippen LogP contribution in [0, 0.1) is 0 Å². The highest BCUT2D eigenvalue weighted by Crippen LogP contribution is 2.37. The lowest BCUT2D eigenvalue weighted by molar-refractivity contribution is 0.167. The van der Waals surface area contributed by atoms with Crippen molar-refractivity contribution in [2.45, 2.75) is 25.7 Å². The molecule has 2 N–H and O–H groups in total. The molecule has 1 aromatic heterocycles. The summed E-state index contributed by atoms with van der Waals surface area (Å²) < 4.78 is 5.36. The molecule has 0 atom stereocenters. The molecule has 1 heterocycles. The smallest absolute Gasteiger partial charge is 0.252 e. The topological polar surface area (TPSA) is 67.0 Å². The number of ether oxygens (including phenoxy) is 1. The highest BCUT2D eigenvalue weighted by Gasteiger charge is 2.26. The lowest BCUT2D eigenvalue weighted by Crippen LogP contribution is -2.16. The Kier molecular flexibility index (Phi) is 4.15. The largest absolute Gasteiger partial charge is 0.375 e. The number of aromatic amines is 1. The average Bonchev–Trinajstić information content (AvgIpc) is 3.11. The van der Waals surface area contributed by atoms with Gasteiger partial charge in [-0.25, -0.2) is 4.98 Å². The number of hydrogen-bond acceptors (Lipinski definition) is 4. The van der Waals surface area contributed by atoms with E-state index in [4.69, 9.17) is 4.74 Å². The van der Waals surface area contributed by atoms with Crippen molar-refractivity contribution < 1.29 is 4.74 Å². The summed E-state index contributed by atoms with van der Waals surface area (Å²) in [7, 11) is 0. The van der Waals surface area contributed by atoms with Crippen LogP contribution in [0.1, 0.15) is 31.5 Å². The SMILES string of the molecule is C=C(C)COCCNc1cc(=O)[nH]c(C2CC2)n1. The average molecular weight is 249 g/mol. The molecule has 5 nitrogen and oxygen atoms in total. The maximum absolute atomic E-state index is 11.4. The van der Waals surface area contributed by atoms with Crippen molar-refractivity contribution in [1.82, 2.24) is 9.97 Å². The van der Waals surface area contributed by atoms with E-state index in [0.717, 1.165) is 24.2 Å². The molecule has 0 radical (unpaired) electrons. The van der Waals surface area contributed by atoms with Crippen LogP contribution in [-0.2, 0) is 4.74 Å². The summed E-state index contributed by atoms with van der Waals surface area (Å²) in [6.45, 7) is 7.45. The lowest BCUT2D eigenvalue weighted by atomic mass is 10.4. The number of anilines is 1. The first-order chi connectivity index (χ1) is 8.65. The van der Waals surface area contributed by atoms with Gasteiger partial charge in [0.05, 0.1) is 13.2 Å². The van der Waals surface area contributed by atoms with E-state index in [-0.39, 0.29) is 5.56 Å². The van der Waals surface area contributed by atoms with E-state index < -0.39 is 0 Å². The van der Waals surface area contributed by atoms with Crippen molar-refractivity contribution in [1.29, 1.82) is 0 Å². The molecule has 0 amide bonds. The zero-order valence-electron chi connectivity index (χ0n) is 10.7. The van der Waals surface area contributed by atoms with Gasteiger partial charge in [0.1, 0.15) is 11.6 Å². The number of nitrogens with zero attached hydrogens (tertiary/aromatic N) is 1. The third-order valence-electron chi connectivity index (χ3n) is 2.63. The van der Waals surface area contributed by atoms with Crippen molar-refractivity contribution >= 4 is 5.82 Å². The number of hydrogen-bond donors (Lipinski definition) is 2. The van der Waals surface area contributed by atoms with Crippen LogP contribution in [0.5, 0.6) is 0 Å². The Balaban J connectivity index is 1.81. The molecular weight excluding hydrogens is 230 g/mol. The molecule has 1 aliphatic carbocycles. The quantitative estimate of drug-likeness (QED) is 0.569. The molecule has 0 spiro atoms. The number of nitrogens with one attached hydrogen (secondary N) is 2. The van der Waals surface area contributed by atoms with Crippen LogP contribution in [0.2, 0.25) is 0 Å². The number of aromatic nitrogens is 2. The predicted molar refractivity (Wildman–Crippen MR) is 71.0 cm³/mol. The van der Waals surface area contributed by atoms with Crippen LogP contribution in [0.15, 0.2) is 23.0 Å². The van der Waals surface area contributed by atoms with E-state index in [1.165, 1.54) is 6.07 Å². The third kappa shape index (κ3) is 4.00. The second-order valence-corrected chi connectivity index (χ2v) is 4.73. The summed E-state index contributed by atoms with van der Waals surface area (Å²) in [6.07, 6.45) is 2.24. The minimum Gasteiger partial charge on any atom is -0.375 e. The summed E-state index contributed by atoms with van der Waals surface area (Å²) >= 11 is 0. The lowest BCUT2D eigenvalue weighted by Gasteiger charge is -2.07. The first kappa shape index (κ1) is 12.8.